The summed E-state index contributed by atoms with van der Waals surface area (Å²) in [6.07, 6.45) is 9.63. The van der Waals surface area contributed by atoms with E-state index in [0.717, 1.165) is 62.7 Å². The molecule has 0 aromatic heterocycles. The van der Waals surface area contributed by atoms with Crippen molar-refractivity contribution < 1.29 is 9.59 Å². The monoisotopic (exact) mass is 420 g/mol. The van der Waals surface area contributed by atoms with Crippen molar-refractivity contribution in [3.63, 3.8) is 0 Å². The Hall–Kier alpha value is -1.06. The van der Waals surface area contributed by atoms with Crippen LogP contribution in [0.2, 0.25) is 0 Å². The van der Waals surface area contributed by atoms with Crippen molar-refractivity contribution >= 4 is 11.8 Å². The quantitative estimate of drug-likeness (QED) is 0.593. The van der Waals surface area contributed by atoms with E-state index in [4.69, 9.17) is 0 Å². The van der Waals surface area contributed by atoms with Crippen LogP contribution in [0, 0.1) is 35.5 Å². The van der Waals surface area contributed by atoms with E-state index in [9.17, 15) is 9.59 Å². The molecule has 0 aromatic rings. The highest BCUT2D eigenvalue weighted by atomic mass is 16.2. The highest BCUT2D eigenvalue weighted by Gasteiger charge is 2.30. The number of likely N-dealkylation sites (tertiary alicyclic amines) is 2. The summed E-state index contributed by atoms with van der Waals surface area (Å²) in [6, 6.07) is 0. The molecule has 0 radical (unpaired) electrons. The van der Waals surface area contributed by atoms with Gasteiger partial charge in [-0.1, -0.05) is 54.4 Å². The van der Waals surface area contributed by atoms with E-state index in [1.54, 1.807) is 0 Å². The Morgan fingerprint density at radius 2 is 1.03 bits per heavy atom. The largest absolute Gasteiger partial charge is 0.342 e. The highest BCUT2D eigenvalue weighted by Crippen LogP contribution is 2.30. The first-order valence-corrected chi connectivity index (χ1v) is 12.8. The number of hydrogen-bond acceptors (Lipinski definition) is 2. The van der Waals surface area contributed by atoms with Crippen LogP contribution in [0.1, 0.15) is 92.9 Å². The van der Waals surface area contributed by atoms with Crippen LogP contribution in [0.4, 0.5) is 0 Å². The minimum atomic E-state index is 0.158. The standard InChI is InChI=1S/C14H25NO.C12H23NO/c1-11(2)12-7-9-15(10-8-12)14(16)13-5-3-4-6-13;1-9(2)11-5-7-13(8-6-11)12(14)10(3)4/h11-13H,3-10H2,1-2H3;9-11H,5-8H2,1-4H3. The predicted molar refractivity (Wildman–Crippen MR) is 125 cm³/mol. The Kier molecular flexibility index (Phi) is 10.2. The van der Waals surface area contributed by atoms with Crippen LogP contribution >= 0.6 is 0 Å². The van der Waals surface area contributed by atoms with Crippen LogP contribution in [-0.2, 0) is 9.59 Å². The van der Waals surface area contributed by atoms with Gasteiger partial charge in [0.15, 0.2) is 0 Å². The van der Waals surface area contributed by atoms with Crippen molar-refractivity contribution in [2.45, 2.75) is 92.9 Å². The fraction of sp³-hybridized carbons (Fsp3) is 0.923. The Labute approximate surface area is 186 Å². The van der Waals surface area contributed by atoms with Gasteiger partial charge in [-0.15, -0.1) is 0 Å². The maximum Gasteiger partial charge on any atom is 0.225 e. The second kappa shape index (κ2) is 12.1. The minimum absolute atomic E-state index is 0.158. The zero-order valence-electron chi connectivity index (χ0n) is 20.7. The lowest BCUT2D eigenvalue weighted by Gasteiger charge is -2.35. The van der Waals surface area contributed by atoms with Gasteiger partial charge in [-0.25, -0.2) is 0 Å². The SMILES string of the molecule is CC(C)C(=O)N1CCC(C(C)C)CC1.CC(C)C1CCN(C(=O)C2CCCC2)CC1. The molecule has 2 aliphatic heterocycles. The van der Waals surface area contributed by atoms with Crippen molar-refractivity contribution in [1.82, 2.24) is 9.80 Å². The average molecular weight is 421 g/mol. The second-order valence-electron chi connectivity index (χ2n) is 10.9. The second-order valence-corrected chi connectivity index (χ2v) is 10.9. The first-order chi connectivity index (χ1) is 14.2. The summed E-state index contributed by atoms with van der Waals surface area (Å²) < 4.78 is 0. The lowest BCUT2D eigenvalue weighted by atomic mass is 9.86. The molecule has 0 bridgehead atoms. The van der Waals surface area contributed by atoms with E-state index in [0.29, 0.717) is 17.7 Å². The zero-order valence-corrected chi connectivity index (χ0v) is 20.7. The summed E-state index contributed by atoms with van der Waals surface area (Å²) >= 11 is 0. The van der Waals surface area contributed by atoms with Gasteiger partial charge in [0.05, 0.1) is 0 Å². The molecular formula is C26H48N2O2. The van der Waals surface area contributed by atoms with Crippen LogP contribution in [0.3, 0.4) is 0 Å². The summed E-state index contributed by atoms with van der Waals surface area (Å²) in [4.78, 5) is 28.1. The third kappa shape index (κ3) is 7.27. The number of rotatable bonds is 4. The van der Waals surface area contributed by atoms with E-state index in [1.807, 2.05) is 18.7 Å². The van der Waals surface area contributed by atoms with Crippen molar-refractivity contribution in [1.29, 1.82) is 0 Å². The summed E-state index contributed by atoms with van der Waals surface area (Å²) in [7, 11) is 0. The molecule has 4 heteroatoms. The maximum atomic E-state index is 12.2. The molecule has 2 amide bonds. The van der Waals surface area contributed by atoms with Gasteiger partial charge < -0.3 is 9.80 Å². The Morgan fingerprint density at radius 1 is 0.633 bits per heavy atom. The molecular weight excluding hydrogens is 372 g/mol. The van der Waals surface area contributed by atoms with Gasteiger partial charge in [0.2, 0.25) is 11.8 Å². The first kappa shape index (κ1) is 25.2. The molecule has 174 valence electrons. The molecule has 1 saturated carbocycles. The van der Waals surface area contributed by atoms with Crippen molar-refractivity contribution in [3.8, 4) is 0 Å². The molecule has 0 N–H and O–H groups in total. The Bertz CT molecular complexity index is 521. The number of carbonyl (C=O) groups is 2. The van der Waals surface area contributed by atoms with Crippen LogP contribution in [-0.4, -0.2) is 47.8 Å². The molecule has 2 saturated heterocycles. The fourth-order valence-corrected chi connectivity index (χ4v) is 5.37. The van der Waals surface area contributed by atoms with E-state index < -0.39 is 0 Å². The number of nitrogens with zero attached hydrogens (tertiary/aromatic N) is 2. The summed E-state index contributed by atoms with van der Waals surface area (Å²) in [6.45, 7) is 17.1. The Balaban J connectivity index is 0.000000216. The number of hydrogen-bond donors (Lipinski definition) is 0. The smallest absolute Gasteiger partial charge is 0.225 e. The summed E-state index contributed by atoms with van der Waals surface area (Å²) in [5, 5.41) is 0. The lowest BCUT2D eigenvalue weighted by molar-refractivity contribution is -0.137. The number of amides is 2. The third-order valence-corrected chi connectivity index (χ3v) is 7.79. The summed E-state index contributed by atoms with van der Waals surface area (Å²) in [5.41, 5.74) is 0. The van der Waals surface area contributed by atoms with E-state index in [1.165, 1.54) is 38.5 Å². The van der Waals surface area contributed by atoms with Gasteiger partial charge in [-0.3, -0.25) is 9.59 Å². The molecule has 0 spiro atoms. The highest BCUT2D eigenvalue weighted by molar-refractivity contribution is 5.79. The van der Waals surface area contributed by atoms with Crippen LogP contribution in [0.5, 0.6) is 0 Å². The average Bonchev–Trinajstić information content (AvgIpc) is 3.28. The van der Waals surface area contributed by atoms with Gasteiger partial charge in [0, 0.05) is 38.0 Å². The van der Waals surface area contributed by atoms with E-state index in [2.05, 4.69) is 32.6 Å². The Morgan fingerprint density at radius 3 is 1.40 bits per heavy atom. The molecule has 1 aliphatic carbocycles. The molecule has 3 fully saturated rings. The third-order valence-electron chi connectivity index (χ3n) is 7.79. The van der Waals surface area contributed by atoms with E-state index >= 15 is 0 Å². The number of carbonyl (C=O) groups excluding carboxylic acids is 2. The van der Waals surface area contributed by atoms with Crippen molar-refractivity contribution in [2.24, 2.45) is 35.5 Å². The van der Waals surface area contributed by atoms with Gasteiger partial charge in [-0.2, -0.15) is 0 Å². The normalized spacial score (nSPS) is 22.0. The lowest BCUT2D eigenvalue weighted by Crippen LogP contribution is -2.42. The molecule has 4 nitrogen and oxygen atoms in total. The van der Waals surface area contributed by atoms with Gasteiger partial charge in [0.1, 0.15) is 0 Å². The van der Waals surface area contributed by atoms with Gasteiger partial charge >= 0.3 is 0 Å². The van der Waals surface area contributed by atoms with Gasteiger partial charge in [-0.05, 0) is 62.2 Å². The van der Waals surface area contributed by atoms with Crippen LogP contribution in [0.15, 0.2) is 0 Å². The molecule has 3 rings (SSSR count). The molecule has 0 aromatic carbocycles. The topological polar surface area (TPSA) is 40.6 Å². The predicted octanol–water partition coefficient (Wildman–Crippen LogP) is 5.61. The minimum Gasteiger partial charge on any atom is -0.342 e. The zero-order chi connectivity index (χ0) is 22.3. The maximum absolute atomic E-state index is 12.2. The number of piperidine rings is 2. The molecule has 30 heavy (non-hydrogen) atoms. The van der Waals surface area contributed by atoms with E-state index in [-0.39, 0.29) is 5.92 Å². The first-order valence-electron chi connectivity index (χ1n) is 12.8. The fourth-order valence-electron chi connectivity index (χ4n) is 5.37. The molecule has 0 unspecified atom stereocenters. The molecule has 3 aliphatic rings. The summed E-state index contributed by atoms with van der Waals surface area (Å²) in [5.74, 6) is 4.53. The molecule has 2 heterocycles. The molecule has 0 atom stereocenters. The van der Waals surface area contributed by atoms with Crippen LogP contribution < -0.4 is 0 Å². The van der Waals surface area contributed by atoms with Crippen molar-refractivity contribution in [3.05, 3.63) is 0 Å². The van der Waals surface area contributed by atoms with Crippen molar-refractivity contribution in [2.75, 3.05) is 26.2 Å². The van der Waals surface area contributed by atoms with Crippen LogP contribution in [0.25, 0.3) is 0 Å². The van der Waals surface area contributed by atoms with Gasteiger partial charge in [0.25, 0.3) is 0 Å².